The van der Waals surface area contributed by atoms with Gasteiger partial charge in [-0.1, -0.05) is 5.16 Å². The standard InChI is InChI=1S/C22H29N7O2/c1-13(2)25-22-23-11-18(19-10-14(3)27-31-19)20(26-22)16-6-8-29(9-7-16)21(30)17-12-24-28(5)15(17)4/h10-13,16H,6-9H2,1-5H3,(H,23,25,26). The summed E-state index contributed by atoms with van der Waals surface area (Å²) in [5.41, 5.74) is 4.18. The highest BCUT2D eigenvalue weighted by Crippen LogP contribution is 2.35. The first-order valence-electron chi connectivity index (χ1n) is 10.7. The molecule has 0 aliphatic carbocycles. The topological polar surface area (TPSA) is 102 Å². The Morgan fingerprint density at radius 1 is 1.23 bits per heavy atom. The van der Waals surface area contributed by atoms with Crippen molar-refractivity contribution < 1.29 is 9.32 Å². The molecule has 3 aromatic heterocycles. The normalized spacial score (nSPS) is 15.0. The number of carbonyl (C=O) groups excluding carboxylic acids is 1. The second-order valence-electron chi connectivity index (χ2n) is 8.46. The number of amides is 1. The van der Waals surface area contributed by atoms with Crippen molar-refractivity contribution in [2.45, 2.75) is 52.5 Å². The molecule has 0 radical (unpaired) electrons. The third-order valence-corrected chi connectivity index (χ3v) is 5.76. The molecular weight excluding hydrogens is 394 g/mol. The SMILES string of the molecule is Cc1cc(-c2cnc(NC(C)C)nc2C2CCN(C(=O)c3cnn(C)c3C)CC2)on1. The van der Waals surface area contributed by atoms with Crippen LogP contribution in [0, 0.1) is 13.8 Å². The minimum atomic E-state index is 0.0417. The van der Waals surface area contributed by atoms with Gasteiger partial charge in [0.25, 0.3) is 5.91 Å². The molecule has 1 aliphatic rings. The number of rotatable bonds is 5. The third kappa shape index (κ3) is 4.30. The fourth-order valence-electron chi connectivity index (χ4n) is 3.95. The predicted octanol–water partition coefficient (Wildman–Crippen LogP) is 3.32. The van der Waals surface area contributed by atoms with Crippen molar-refractivity contribution in [3.05, 3.63) is 41.1 Å². The van der Waals surface area contributed by atoms with Crippen molar-refractivity contribution in [2.75, 3.05) is 18.4 Å². The van der Waals surface area contributed by atoms with Gasteiger partial charge in [0.15, 0.2) is 5.76 Å². The van der Waals surface area contributed by atoms with Crippen LogP contribution in [0.15, 0.2) is 23.0 Å². The molecule has 1 amide bonds. The molecule has 1 N–H and O–H groups in total. The Balaban J connectivity index is 1.56. The lowest BCUT2D eigenvalue weighted by atomic mass is 9.90. The van der Waals surface area contributed by atoms with Crippen LogP contribution in [-0.2, 0) is 7.05 Å². The number of aromatic nitrogens is 5. The average molecular weight is 424 g/mol. The number of piperidine rings is 1. The summed E-state index contributed by atoms with van der Waals surface area (Å²) in [6.45, 7) is 9.27. The van der Waals surface area contributed by atoms with Crippen LogP contribution in [0.3, 0.4) is 0 Å². The number of likely N-dealkylation sites (tertiary alicyclic amines) is 1. The summed E-state index contributed by atoms with van der Waals surface area (Å²) < 4.78 is 7.24. The van der Waals surface area contributed by atoms with Crippen LogP contribution in [0.2, 0.25) is 0 Å². The quantitative estimate of drug-likeness (QED) is 0.671. The first-order valence-corrected chi connectivity index (χ1v) is 10.7. The molecule has 1 aliphatic heterocycles. The van der Waals surface area contributed by atoms with Gasteiger partial charge < -0.3 is 14.7 Å². The number of nitrogens with zero attached hydrogens (tertiary/aromatic N) is 6. The third-order valence-electron chi connectivity index (χ3n) is 5.76. The molecule has 164 valence electrons. The van der Waals surface area contributed by atoms with Crippen molar-refractivity contribution >= 4 is 11.9 Å². The van der Waals surface area contributed by atoms with Gasteiger partial charge in [0, 0.05) is 50.1 Å². The maximum Gasteiger partial charge on any atom is 0.257 e. The average Bonchev–Trinajstić information content (AvgIpc) is 3.33. The van der Waals surface area contributed by atoms with Gasteiger partial charge >= 0.3 is 0 Å². The molecule has 4 rings (SSSR count). The summed E-state index contributed by atoms with van der Waals surface area (Å²) in [6.07, 6.45) is 5.11. The first-order chi connectivity index (χ1) is 14.8. The zero-order valence-electron chi connectivity index (χ0n) is 18.7. The lowest BCUT2D eigenvalue weighted by Crippen LogP contribution is -2.38. The minimum absolute atomic E-state index is 0.0417. The molecule has 9 heteroatoms. The van der Waals surface area contributed by atoms with Crippen LogP contribution < -0.4 is 5.32 Å². The van der Waals surface area contributed by atoms with E-state index in [-0.39, 0.29) is 17.9 Å². The van der Waals surface area contributed by atoms with E-state index in [4.69, 9.17) is 9.51 Å². The summed E-state index contributed by atoms with van der Waals surface area (Å²) in [5, 5.41) is 11.5. The molecule has 4 heterocycles. The minimum Gasteiger partial charge on any atom is -0.356 e. The van der Waals surface area contributed by atoms with Crippen LogP contribution in [0.5, 0.6) is 0 Å². The maximum absolute atomic E-state index is 13.0. The second kappa shape index (κ2) is 8.49. The molecule has 31 heavy (non-hydrogen) atoms. The molecule has 1 saturated heterocycles. The van der Waals surface area contributed by atoms with E-state index in [9.17, 15) is 4.79 Å². The van der Waals surface area contributed by atoms with Crippen LogP contribution in [0.4, 0.5) is 5.95 Å². The van der Waals surface area contributed by atoms with Gasteiger partial charge in [-0.15, -0.1) is 0 Å². The molecule has 1 fully saturated rings. The smallest absolute Gasteiger partial charge is 0.257 e. The summed E-state index contributed by atoms with van der Waals surface area (Å²) in [5.74, 6) is 1.53. The van der Waals surface area contributed by atoms with Gasteiger partial charge in [-0.3, -0.25) is 9.48 Å². The molecule has 0 spiro atoms. The number of hydrogen-bond donors (Lipinski definition) is 1. The highest BCUT2D eigenvalue weighted by Gasteiger charge is 2.29. The fraction of sp³-hybridized carbons (Fsp3) is 0.500. The van der Waals surface area contributed by atoms with E-state index in [0.29, 0.717) is 30.4 Å². The molecule has 0 saturated carbocycles. The van der Waals surface area contributed by atoms with Crippen molar-refractivity contribution in [3.8, 4) is 11.3 Å². The Morgan fingerprint density at radius 2 is 1.97 bits per heavy atom. The van der Waals surface area contributed by atoms with E-state index in [1.165, 1.54) is 0 Å². The number of hydrogen-bond acceptors (Lipinski definition) is 7. The molecule has 9 nitrogen and oxygen atoms in total. The van der Waals surface area contributed by atoms with Crippen LogP contribution in [-0.4, -0.2) is 54.8 Å². The molecule has 0 bridgehead atoms. The second-order valence-corrected chi connectivity index (χ2v) is 8.46. The lowest BCUT2D eigenvalue weighted by molar-refractivity contribution is 0.0711. The summed E-state index contributed by atoms with van der Waals surface area (Å²) in [6, 6.07) is 2.13. The largest absolute Gasteiger partial charge is 0.356 e. The van der Waals surface area contributed by atoms with Gasteiger partial charge in [-0.2, -0.15) is 5.10 Å². The highest BCUT2D eigenvalue weighted by molar-refractivity contribution is 5.95. The summed E-state index contributed by atoms with van der Waals surface area (Å²) in [4.78, 5) is 24.2. The monoisotopic (exact) mass is 423 g/mol. The van der Waals surface area contributed by atoms with Gasteiger partial charge in [-0.05, 0) is 40.5 Å². The van der Waals surface area contributed by atoms with Gasteiger partial charge in [-0.25, -0.2) is 9.97 Å². The Kier molecular flexibility index (Phi) is 5.75. The van der Waals surface area contributed by atoms with Gasteiger partial charge in [0.05, 0.1) is 28.7 Å². The Bertz CT molecular complexity index is 1080. The summed E-state index contributed by atoms with van der Waals surface area (Å²) >= 11 is 0. The van der Waals surface area contributed by atoms with E-state index in [1.807, 2.05) is 38.1 Å². The van der Waals surface area contributed by atoms with Crippen LogP contribution in [0.25, 0.3) is 11.3 Å². The zero-order valence-corrected chi connectivity index (χ0v) is 18.7. The molecule has 0 unspecified atom stereocenters. The van der Waals surface area contributed by atoms with Crippen molar-refractivity contribution in [3.63, 3.8) is 0 Å². The molecular formula is C22H29N7O2. The van der Waals surface area contributed by atoms with Crippen molar-refractivity contribution in [1.29, 1.82) is 0 Å². The van der Waals surface area contributed by atoms with E-state index in [1.54, 1.807) is 10.9 Å². The molecule has 0 aromatic carbocycles. The Morgan fingerprint density at radius 3 is 2.55 bits per heavy atom. The van der Waals surface area contributed by atoms with Crippen LogP contribution >= 0.6 is 0 Å². The predicted molar refractivity (Wildman–Crippen MR) is 117 cm³/mol. The number of nitrogens with one attached hydrogen (secondary N) is 1. The number of aryl methyl sites for hydroxylation is 2. The van der Waals surface area contributed by atoms with E-state index in [2.05, 4.69) is 34.4 Å². The van der Waals surface area contributed by atoms with E-state index in [0.717, 1.165) is 35.5 Å². The summed E-state index contributed by atoms with van der Waals surface area (Å²) in [7, 11) is 1.85. The molecule has 0 atom stereocenters. The first kappa shape index (κ1) is 21.0. The lowest BCUT2D eigenvalue weighted by Gasteiger charge is -2.32. The van der Waals surface area contributed by atoms with E-state index >= 15 is 0 Å². The number of anilines is 1. The highest BCUT2D eigenvalue weighted by atomic mass is 16.5. The Labute approximate surface area is 181 Å². The van der Waals surface area contributed by atoms with Gasteiger partial charge in [0.1, 0.15) is 0 Å². The number of carbonyl (C=O) groups is 1. The van der Waals surface area contributed by atoms with Gasteiger partial charge in [0.2, 0.25) is 5.95 Å². The zero-order chi connectivity index (χ0) is 22.1. The molecule has 3 aromatic rings. The maximum atomic E-state index is 13.0. The fourth-order valence-corrected chi connectivity index (χ4v) is 3.95. The van der Waals surface area contributed by atoms with Crippen LogP contribution in [0.1, 0.15) is 60.0 Å². The Hall–Kier alpha value is -3.23. The van der Waals surface area contributed by atoms with Crippen molar-refractivity contribution in [1.82, 2.24) is 29.8 Å². The van der Waals surface area contributed by atoms with Crippen molar-refractivity contribution in [2.24, 2.45) is 7.05 Å². The van der Waals surface area contributed by atoms with E-state index < -0.39 is 0 Å².